The summed E-state index contributed by atoms with van der Waals surface area (Å²) in [5, 5.41) is 0.778. The highest BCUT2D eigenvalue weighted by molar-refractivity contribution is 8.00. The molecule has 1 aliphatic heterocycles. The van der Waals surface area contributed by atoms with E-state index in [1.54, 1.807) is 37.5 Å². The summed E-state index contributed by atoms with van der Waals surface area (Å²) in [6.45, 7) is 2.67. The minimum absolute atomic E-state index is 0.0492. The van der Waals surface area contributed by atoms with Gasteiger partial charge in [-0.15, -0.1) is 0 Å². The van der Waals surface area contributed by atoms with Gasteiger partial charge in [0.1, 0.15) is 0 Å². The monoisotopic (exact) mass is 381 g/mol. The van der Waals surface area contributed by atoms with Crippen LogP contribution in [0.2, 0.25) is 0 Å². The summed E-state index contributed by atoms with van der Waals surface area (Å²) in [6.07, 6.45) is 4.68. The molecule has 4 rings (SSSR count). The number of carbonyl (C=O) groups is 2. The lowest BCUT2D eigenvalue weighted by Crippen LogP contribution is -2.22. The van der Waals surface area contributed by atoms with Gasteiger partial charge >= 0.3 is 6.09 Å². The van der Waals surface area contributed by atoms with E-state index in [4.69, 9.17) is 4.74 Å². The smallest absolute Gasteiger partial charge is 0.418 e. The average Bonchev–Trinajstić information content (AvgIpc) is 3.34. The van der Waals surface area contributed by atoms with Gasteiger partial charge in [-0.2, -0.15) is 0 Å². The van der Waals surface area contributed by atoms with E-state index in [9.17, 15) is 9.59 Å². The summed E-state index contributed by atoms with van der Waals surface area (Å²) in [6, 6.07) is 11.3. The number of benzene rings is 1. The maximum absolute atomic E-state index is 13.2. The summed E-state index contributed by atoms with van der Waals surface area (Å²) in [5.41, 5.74) is 2.25. The van der Waals surface area contributed by atoms with Gasteiger partial charge in [0, 0.05) is 35.6 Å². The van der Waals surface area contributed by atoms with Gasteiger partial charge in [0.15, 0.2) is 5.78 Å². The van der Waals surface area contributed by atoms with Crippen molar-refractivity contribution in [3.63, 3.8) is 0 Å². The topological polar surface area (TPSA) is 64.4 Å². The number of ether oxygens (including phenoxy) is 1. The maximum Gasteiger partial charge on any atom is 0.418 e. The Labute approximate surface area is 161 Å². The van der Waals surface area contributed by atoms with Crippen molar-refractivity contribution >= 4 is 40.4 Å². The van der Waals surface area contributed by atoms with Crippen LogP contribution in [0.4, 0.5) is 10.5 Å². The Bertz CT molecular complexity index is 987. The Morgan fingerprint density at radius 3 is 2.89 bits per heavy atom. The predicted molar refractivity (Wildman–Crippen MR) is 106 cm³/mol. The first-order valence-electron chi connectivity index (χ1n) is 8.81. The van der Waals surface area contributed by atoms with E-state index in [1.165, 1.54) is 4.57 Å². The fourth-order valence-corrected chi connectivity index (χ4v) is 4.42. The maximum atomic E-state index is 13.2. The van der Waals surface area contributed by atoms with Gasteiger partial charge in [0.2, 0.25) is 0 Å². The molecule has 1 saturated heterocycles. The molecule has 0 saturated carbocycles. The normalized spacial score (nSPS) is 16.6. The number of aromatic nitrogens is 2. The second-order valence-electron chi connectivity index (χ2n) is 6.26. The molecule has 6 nitrogen and oxygen atoms in total. The molecule has 0 spiro atoms. The van der Waals surface area contributed by atoms with Gasteiger partial charge in [-0.3, -0.25) is 14.3 Å². The molecular formula is C20H19N3O3S. The van der Waals surface area contributed by atoms with Crippen LogP contribution in [0.1, 0.15) is 17.3 Å². The molecule has 0 amide bonds. The third kappa shape index (κ3) is 3.30. The molecule has 3 heterocycles. The van der Waals surface area contributed by atoms with Crippen LogP contribution in [-0.4, -0.2) is 40.3 Å². The Morgan fingerprint density at radius 1 is 1.26 bits per heavy atom. The molecule has 1 fully saturated rings. The molecule has 7 heteroatoms. The Morgan fingerprint density at radius 2 is 2.11 bits per heavy atom. The van der Waals surface area contributed by atoms with Crippen molar-refractivity contribution in [2.45, 2.75) is 6.92 Å². The lowest BCUT2D eigenvalue weighted by Gasteiger charge is -2.15. The van der Waals surface area contributed by atoms with E-state index >= 15 is 0 Å². The van der Waals surface area contributed by atoms with Crippen molar-refractivity contribution in [2.24, 2.45) is 5.92 Å². The second kappa shape index (κ2) is 7.44. The number of nitrogens with zero attached hydrogens (tertiary/aromatic N) is 3. The molecule has 1 aliphatic rings. The number of Topliss-reactive ketones (excluding diaryl/α,β-unsaturated/α-hetero) is 1. The number of rotatable bonds is 4. The lowest BCUT2D eigenvalue weighted by atomic mass is 9.98. The van der Waals surface area contributed by atoms with Gasteiger partial charge in [0.05, 0.1) is 29.9 Å². The highest BCUT2D eigenvalue weighted by atomic mass is 32.2. The highest BCUT2D eigenvalue weighted by Gasteiger charge is 2.32. The van der Waals surface area contributed by atoms with E-state index in [2.05, 4.69) is 9.29 Å². The molecule has 0 radical (unpaired) electrons. The zero-order valence-electron chi connectivity index (χ0n) is 14.9. The number of ketones is 1. The molecule has 0 N–H and O–H groups in total. The molecule has 0 bridgehead atoms. The van der Waals surface area contributed by atoms with Crippen LogP contribution in [0.25, 0.3) is 10.9 Å². The SMILES string of the molecule is CCOC(=O)n1cc(C(=O)C2CSN(c3cccnc3)C2)c2ccccc21. The van der Waals surface area contributed by atoms with Crippen LogP contribution in [0.15, 0.2) is 55.0 Å². The number of hydrogen-bond acceptors (Lipinski definition) is 6. The van der Waals surface area contributed by atoms with Crippen LogP contribution < -0.4 is 4.31 Å². The predicted octanol–water partition coefficient (Wildman–Crippen LogP) is 4.01. The van der Waals surface area contributed by atoms with Crippen molar-refractivity contribution in [1.29, 1.82) is 0 Å². The van der Waals surface area contributed by atoms with Crippen molar-refractivity contribution in [2.75, 3.05) is 23.2 Å². The lowest BCUT2D eigenvalue weighted by molar-refractivity contribution is 0.0942. The first kappa shape index (κ1) is 17.6. The minimum Gasteiger partial charge on any atom is -0.449 e. The molecular weight excluding hydrogens is 362 g/mol. The first-order chi connectivity index (χ1) is 13.2. The molecule has 1 atom stereocenters. The molecule has 138 valence electrons. The van der Waals surface area contributed by atoms with Crippen molar-refractivity contribution in [3.8, 4) is 0 Å². The van der Waals surface area contributed by atoms with E-state index < -0.39 is 6.09 Å². The zero-order chi connectivity index (χ0) is 18.8. The number of hydrogen-bond donors (Lipinski definition) is 0. The summed E-state index contributed by atoms with van der Waals surface area (Å²) in [5.74, 6) is 0.608. The van der Waals surface area contributed by atoms with Gasteiger partial charge in [-0.05, 0) is 37.1 Å². The number of pyridine rings is 1. The van der Waals surface area contributed by atoms with E-state index in [-0.39, 0.29) is 18.3 Å². The Hall–Kier alpha value is -2.80. The summed E-state index contributed by atoms with van der Waals surface area (Å²) < 4.78 is 8.64. The summed E-state index contributed by atoms with van der Waals surface area (Å²) >= 11 is 1.63. The van der Waals surface area contributed by atoms with E-state index in [0.717, 1.165) is 11.1 Å². The Balaban J connectivity index is 1.63. The van der Waals surface area contributed by atoms with Crippen LogP contribution in [-0.2, 0) is 4.74 Å². The van der Waals surface area contributed by atoms with Crippen LogP contribution in [0.3, 0.4) is 0 Å². The van der Waals surface area contributed by atoms with Gasteiger partial charge in [-0.25, -0.2) is 4.79 Å². The third-order valence-corrected chi connectivity index (χ3v) is 5.79. The van der Waals surface area contributed by atoms with E-state index in [0.29, 0.717) is 23.4 Å². The number of para-hydroxylation sites is 1. The van der Waals surface area contributed by atoms with Gasteiger partial charge in [0.25, 0.3) is 0 Å². The molecule has 3 aromatic rings. The number of anilines is 1. The summed E-state index contributed by atoms with van der Waals surface area (Å²) in [4.78, 5) is 29.6. The standard InChI is InChI=1S/C20H19N3O3S/c1-2-26-20(25)22-12-17(16-7-3-4-8-18(16)22)19(24)14-11-23(27-13-14)15-6-5-9-21-10-15/h3-10,12,14H,2,11,13H2,1H3. The summed E-state index contributed by atoms with van der Waals surface area (Å²) in [7, 11) is 0. The quantitative estimate of drug-likeness (QED) is 0.503. The minimum atomic E-state index is -0.467. The molecule has 27 heavy (non-hydrogen) atoms. The van der Waals surface area contributed by atoms with Crippen molar-refractivity contribution in [3.05, 3.63) is 60.6 Å². The van der Waals surface area contributed by atoms with Crippen molar-refractivity contribution < 1.29 is 14.3 Å². The fourth-order valence-electron chi connectivity index (χ4n) is 3.27. The second-order valence-corrected chi connectivity index (χ2v) is 7.29. The van der Waals surface area contributed by atoms with Gasteiger partial charge in [-0.1, -0.05) is 18.2 Å². The number of fused-ring (bicyclic) bond motifs is 1. The van der Waals surface area contributed by atoms with E-state index in [1.807, 2.05) is 36.4 Å². The van der Waals surface area contributed by atoms with Crippen LogP contribution in [0, 0.1) is 5.92 Å². The van der Waals surface area contributed by atoms with Crippen molar-refractivity contribution in [1.82, 2.24) is 9.55 Å². The molecule has 2 aromatic heterocycles. The number of carbonyl (C=O) groups excluding carboxylic acids is 2. The highest BCUT2D eigenvalue weighted by Crippen LogP contribution is 2.34. The zero-order valence-corrected chi connectivity index (χ0v) is 15.7. The van der Waals surface area contributed by atoms with Crippen LogP contribution >= 0.6 is 11.9 Å². The first-order valence-corrected chi connectivity index (χ1v) is 9.75. The third-order valence-electron chi connectivity index (χ3n) is 4.56. The average molecular weight is 381 g/mol. The molecule has 1 unspecified atom stereocenters. The van der Waals surface area contributed by atoms with Crippen LogP contribution in [0.5, 0.6) is 0 Å². The fraction of sp³-hybridized carbons (Fsp3) is 0.250. The molecule has 0 aliphatic carbocycles. The molecule has 1 aromatic carbocycles. The van der Waals surface area contributed by atoms with Gasteiger partial charge < -0.3 is 9.04 Å². The largest absolute Gasteiger partial charge is 0.449 e. The Kier molecular flexibility index (Phi) is 4.85.